The lowest BCUT2D eigenvalue weighted by atomic mass is 9.91. The summed E-state index contributed by atoms with van der Waals surface area (Å²) in [5.74, 6) is 0.831. The van der Waals surface area contributed by atoms with Crippen molar-refractivity contribution in [2.45, 2.75) is 32.7 Å². The highest BCUT2D eigenvalue weighted by molar-refractivity contribution is 7.89. The highest BCUT2D eigenvalue weighted by atomic mass is 32.2. The van der Waals surface area contributed by atoms with Crippen molar-refractivity contribution in [3.8, 4) is 0 Å². The number of nitrogens with one attached hydrogen (secondary N) is 1. The molecule has 90 valence electrons. The molecule has 1 fully saturated rings. The van der Waals surface area contributed by atoms with Gasteiger partial charge in [-0.15, -0.1) is 0 Å². The van der Waals surface area contributed by atoms with Crippen molar-refractivity contribution >= 4 is 10.0 Å². The minimum atomic E-state index is -2.96. The predicted octanol–water partition coefficient (Wildman–Crippen LogP) is 0.656. The Hall–Kier alpha value is -0.130. The SMILES string of the molecule is CCS(=O)(=O)N1CCC(C(C)NC)CC1. The number of hydrogen-bond acceptors (Lipinski definition) is 3. The fraction of sp³-hybridized carbons (Fsp3) is 1.00. The van der Waals surface area contributed by atoms with Crippen molar-refractivity contribution in [2.75, 3.05) is 25.9 Å². The van der Waals surface area contributed by atoms with Crippen molar-refractivity contribution < 1.29 is 8.42 Å². The van der Waals surface area contributed by atoms with E-state index in [1.54, 1.807) is 11.2 Å². The molecule has 0 saturated carbocycles. The van der Waals surface area contributed by atoms with E-state index in [9.17, 15) is 8.42 Å². The minimum Gasteiger partial charge on any atom is -0.317 e. The molecule has 0 aromatic rings. The molecule has 0 radical (unpaired) electrons. The molecule has 0 aromatic carbocycles. The van der Waals surface area contributed by atoms with Crippen LogP contribution in [0.1, 0.15) is 26.7 Å². The van der Waals surface area contributed by atoms with Gasteiger partial charge < -0.3 is 5.32 Å². The summed E-state index contributed by atoms with van der Waals surface area (Å²) in [6.07, 6.45) is 1.95. The summed E-state index contributed by atoms with van der Waals surface area (Å²) < 4.78 is 24.9. The van der Waals surface area contributed by atoms with E-state index in [0.717, 1.165) is 12.8 Å². The molecule has 0 amide bonds. The van der Waals surface area contributed by atoms with Crippen LogP contribution >= 0.6 is 0 Å². The van der Waals surface area contributed by atoms with Crippen LogP contribution < -0.4 is 5.32 Å². The Morgan fingerprint density at radius 1 is 1.40 bits per heavy atom. The van der Waals surface area contributed by atoms with Crippen LogP contribution in [-0.4, -0.2) is 44.7 Å². The van der Waals surface area contributed by atoms with Gasteiger partial charge in [-0.2, -0.15) is 0 Å². The van der Waals surface area contributed by atoms with Gasteiger partial charge in [0.05, 0.1) is 5.75 Å². The van der Waals surface area contributed by atoms with Crippen LogP contribution in [0.5, 0.6) is 0 Å². The molecule has 0 bridgehead atoms. The topological polar surface area (TPSA) is 49.4 Å². The second-order valence-corrected chi connectivity index (χ2v) is 6.47. The first-order chi connectivity index (χ1) is 7.01. The summed E-state index contributed by atoms with van der Waals surface area (Å²) in [6.45, 7) is 5.24. The molecular weight excluding hydrogens is 212 g/mol. The second kappa shape index (κ2) is 5.27. The molecular formula is C10H22N2O2S. The molecule has 5 heteroatoms. The molecule has 1 unspecified atom stereocenters. The van der Waals surface area contributed by atoms with Crippen molar-refractivity contribution in [3.63, 3.8) is 0 Å². The van der Waals surface area contributed by atoms with E-state index in [1.165, 1.54) is 0 Å². The van der Waals surface area contributed by atoms with Crippen molar-refractivity contribution in [1.82, 2.24) is 9.62 Å². The first-order valence-corrected chi connectivity index (χ1v) is 7.27. The Bertz CT molecular complexity index is 282. The van der Waals surface area contributed by atoms with Gasteiger partial charge in [0.1, 0.15) is 0 Å². The average molecular weight is 234 g/mol. The number of hydrogen-bond donors (Lipinski definition) is 1. The molecule has 0 aromatic heterocycles. The van der Waals surface area contributed by atoms with Crippen LogP contribution in [0.15, 0.2) is 0 Å². The molecule has 1 heterocycles. The van der Waals surface area contributed by atoms with Gasteiger partial charge in [0, 0.05) is 19.1 Å². The van der Waals surface area contributed by atoms with E-state index in [-0.39, 0.29) is 5.75 Å². The number of nitrogens with zero attached hydrogens (tertiary/aromatic N) is 1. The number of rotatable bonds is 4. The highest BCUT2D eigenvalue weighted by Gasteiger charge is 2.28. The fourth-order valence-electron chi connectivity index (χ4n) is 2.07. The smallest absolute Gasteiger partial charge is 0.213 e. The largest absolute Gasteiger partial charge is 0.317 e. The van der Waals surface area contributed by atoms with Gasteiger partial charge in [-0.3, -0.25) is 0 Å². The van der Waals surface area contributed by atoms with Crippen LogP contribution in [-0.2, 0) is 10.0 Å². The monoisotopic (exact) mass is 234 g/mol. The second-order valence-electron chi connectivity index (χ2n) is 4.21. The Balaban J connectivity index is 2.49. The van der Waals surface area contributed by atoms with E-state index in [2.05, 4.69) is 12.2 Å². The van der Waals surface area contributed by atoms with E-state index in [0.29, 0.717) is 25.0 Å². The van der Waals surface area contributed by atoms with E-state index in [1.807, 2.05) is 7.05 Å². The molecule has 1 atom stereocenters. The molecule has 15 heavy (non-hydrogen) atoms. The molecule has 1 aliphatic heterocycles. The zero-order valence-corrected chi connectivity index (χ0v) is 10.7. The van der Waals surface area contributed by atoms with Gasteiger partial charge in [-0.1, -0.05) is 0 Å². The molecule has 1 aliphatic rings. The Morgan fingerprint density at radius 2 is 1.93 bits per heavy atom. The molecule has 4 nitrogen and oxygen atoms in total. The first-order valence-electron chi connectivity index (χ1n) is 5.66. The number of piperidine rings is 1. The first kappa shape index (κ1) is 12.9. The maximum absolute atomic E-state index is 11.6. The van der Waals surface area contributed by atoms with Gasteiger partial charge >= 0.3 is 0 Å². The third-order valence-electron chi connectivity index (χ3n) is 3.42. The summed E-state index contributed by atoms with van der Waals surface area (Å²) >= 11 is 0. The van der Waals surface area contributed by atoms with Crippen molar-refractivity contribution in [3.05, 3.63) is 0 Å². The molecule has 1 N–H and O–H groups in total. The quantitative estimate of drug-likeness (QED) is 0.777. The lowest BCUT2D eigenvalue weighted by molar-refractivity contribution is 0.237. The van der Waals surface area contributed by atoms with Crippen LogP contribution in [0.4, 0.5) is 0 Å². The van der Waals surface area contributed by atoms with Crippen LogP contribution in [0.3, 0.4) is 0 Å². The van der Waals surface area contributed by atoms with Gasteiger partial charge in [0.25, 0.3) is 0 Å². The maximum atomic E-state index is 11.6. The van der Waals surface area contributed by atoms with Gasteiger partial charge in [-0.05, 0) is 39.7 Å². The molecule has 1 saturated heterocycles. The van der Waals surface area contributed by atoms with Crippen LogP contribution in [0.2, 0.25) is 0 Å². The zero-order chi connectivity index (χ0) is 11.5. The molecule has 1 rings (SSSR count). The summed E-state index contributed by atoms with van der Waals surface area (Å²) in [5, 5.41) is 3.23. The average Bonchev–Trinajstić information content (AvgIpc) is 2.28. The third-order valence-corrected chi connectivity index (χ3v) is 5.30. The van der Waals surface area contributed by atoms with Crippen LogP contribution in [0, 0.1) is 5.92 Å². The summed E-state index contributed by atoms with van der Waals surface area (Å²) in [4.78, 5) is 0. The lowest BCUT2D eigenvalue weighted by Crippen LogP contribution is -2.43. The fourth-order valence-corrected chi connectivity index (χ4v) is 3.20. The van der Waals surface area contributed by atoms with Crippen molar-refractivity contribution in [2.24, 2.45) is 5.92 Å². The molecule has 0 aliphatic carbocycles. The Labute approximate surface area is 93.1 Å². The van der Waals surface area contributed by atoms with Crippen molar-refractivity contribution in [1.29, 1.82) is 0 Å². The molecule has 0 spiro atoms. The standard InChI is InChI=1S/C10H22N2O2S/c1-4-15(13,14)12-7-5-10(6-8-12)9(2)11-3/h9-11H,4-8H2,1-3H3. The Kier molecular flexibility index (Phi) is 4.55. The van der Waals surface area contributed by atoms with Gasteiger partial charge in [0.15, 0.2) is 0 Å². The third kappa shape index (κ3) is 3.16. The summed E-state index contributed by atoms with van der Waals surface area (Å²) in [6, 6.07) is 0.483. The van der Waals surface area contributed by atoms with E-state index in [4.69, 9.17) is 0 Å². The minimum absolute atomic E-state index is 0.221. The van der Waals surface area contributed by atoms with E-state index < -0.39 is 10.0 Å². The number of sulfonamides is 1. The highest BCUT2D eigenvalue weighted by Crippen LogP contribution is 2.22. The Morgan fingerprint density at radius 3 is 2.33 bits per heavy atom. The van der Waals surface area contributed by atoms with Crippen LogP contribution in [0.25, 0.3) is 0 Å². The lowest BCUT2D eigenvalue weighted by Gasteiger charge is -2.33. The summed E-state index contributed by atoms with van der Waals surface area (Å²) in [5.41, 5.74) is 0. The van der Waals surface area contributed by atoms with Gasteiger partial charge in [-0.25, -0.2) is 12.7 Å². The summed E-state index contributed by atoms with van der Waals surface area (Å²) in [7, 11) is -1.01. The van der Waals surface area contributed by atoms with Gasteiger partial charge in [0.2, 0.25) is 10.0 Å². The predicted molar refractivity (Wildman–Crippen MR) is 62.3 cm³/mol. The maximum Gasteiger partial charge on any atom is 0.213 e. The van der Waals surface area contributed by atoms with E-state index >= 15 is 0 Å². The normalized spacial score (nSPS) is 22.9. The zero-order valence-electron chi connectivity index (χ0n) is 9.86.